The SMILES string of the molecule is Cc1ccc(S(=O)(=O)NC(C)(C)C)cc1C(=O)N1CCC(c2nc(C3CC3)n[nH]2)CC1. The van der Waals surface area contributed by atoms with Gasteiger partial charge in [0.1, 0.15) is 5.82 Å². The van der Waals surface area contributed by atoms with Crippen LogP contribution in [0, 0.1) is 6.92 Å². The molecule has 2 aromatic rings. The Morgan fingerprint density at radius 1 is 1.13 bits per heavy atom. The predicted octanol–water partition coefficient (Wildman–Crippen LogP) is 3.09. The lowest BCUT2D eigenvalue weighted by Gasteiger charge is -2.31. The van der Waals surface area contributed by atoms with Gasteiger partial charge in [-0.1, -0.05) is 6.07 Å². The first-order chi connectivity index (χ1) is 14.5. The molecule has 0 atom stereocenters. The number of benzene rings is 1. The van der Waals surface area contributed by atoms with Gasteiger partial charge in [-0.15, -0.1) is 0 Å². The maximum atomic E-state index is 13.2. The van der Waals surface area contributed by atoms with Gasteiger partial charge < -0.3 is 4.90 Å². The third-order valence-electron chi connectivity index (χ3n) is 5.82. The highest BCUT2D eigenvalue weighted by Crippen LogP contribution is 2.38. The van der Waals surface area contributed by atoms with Gasteiger partial charge in [-0.3, -0.25) is 9.89 Å². The van der Waals surface area contributed by atoms with Crippen LogP contribution in [-0.2, 0) is 10.0 Å². The van der Waals surface area contributed by atoms with Crippen LogP contribution in [0.1, 0.15) is 85.9 Å². The minimum Gasteiger partial charge on any atom is -0.339 e. The summed E-state index contributed by atoms with van der Waals surface area (Å²) in [5.41, 5.74) is 0.604. The predicted molar refractivity (Wildman–Crippen MR) is 117 cm³/mol. The van der Waals surface area contributed by atoms with E-state index in [4.69, 9.17) is 0 Å². The number of sulfonamides is 1. The Kier molecular flexibility index (Phi) is 5.68. The molecule has 31 heavy (non-hydrogen) atoms. The topological polar surface area (TPSA) is 108 Å². The minimum absolute atomic E-state index is 0.112. The lowest BCUT2D eigenvalue weighted by Crippen LogP contribution is -2.41. The van der Waals surface area contributed by atoms with Crippen LogP contribution < -0.4 is 4.72 Å². The highest BCUT2D eigenvalue weighted by molar-refractivity contribution is 7.89. The molecule has 0 spiro atoms. The van der Waals surface area contributed by atoms with E-state index >= 15 is 0 Å². The summed E-state index contributed by atoms with van der Waals surface area (Å²) >= 11 is 0. The van der Waals surface area contributed by atoms with E-state index in [9.17, 15) is 13.2 Å². The summed E-state index contributed by atoms with van der Waals surface area (Å²) in [4.78, 5) is 19.8. The molecule has 2 N–H and O–H groups in total. The van der Waals surface area contributed by atoms with E-state index in [1.54, 1.807) is 32.9 Å². The standard InChI is InChI=1S/C22H31N5O3S/c1-14-5-8-17(31(29,30)26-22(2,3)4)13-18(14)21(28)27-11-9-16(10-12-27)20-23-19(24-25-20)15-6-7-15/h5,8,13,15-16,26H,6-7,9-12H2,1-4H3,(H,23,24,25). The van der Waals surface area contributed by atoms with E-state index in [2.05, 4.69) is 19.9 Å². The summed E-state index contributed by atoms with van der Waals surface area (Å²) in [6, 6.07) is 4.75. The number of piperidine rings is 1. The second-order valence-corrected chi connectivity index (χ2v) is 11.4. The Hall–Kier alpha value is -2.26. The minimum atomic E-state index is -3.71. The number of aromatic amines is 1. The zero-order valence-electron chi connectivity index (χ0n) is 18.6. The molecule has 1 saturated heterocycles. The van der Waals surface area contributed by atoms with Crippen molar-refractivity contribution in [3.8, 4) is 0 Å². The normalized spacial score (nSPS) is 18.4. The van der Waals surface area contributed by atoms with Crippen LogP contribution in [0.15, 0.2) is 23.1 Å². The van der Waals surface area contributed by atoms with Crippen molar-refractivity contribution in [3.05, 3.63) is 41.0 Å². The molecule has 1 amide bonds. The molecule has 168 valence electrons. The second-order valence-electron chi connectivity index (χ2n) is 9.75. The number of nitrogens with zero attached hydrogens (tertiary/aromatic N) is 3. The molecule has 1 aliphatic heterocycles. The second kappa shape index (κ2) is 8.02. The lowest BCUT2D eigenvalue weighted by molar-refractivity contribution is 0.0710. The molecule has 9 heteroatoms. The Bertz CT molecular complexity index is 1070. The van der Waals surface area contributed by atoms with E-state index in [1.165, 1.54) is 18.9 Å². The van der Waals surface area contributed by atoms with Gasteiger partial charge in [0.15, 0.2) is 5.82 Å². The monoisotopic (exact) mass is 445 g/mol. The summed E-state index contributed by atoms with van der Waals surface area (Å²) < 4.78 is 28.1. The number of aromatic nitrogens is 3. The fraction of sp³-hybridized carbons (Fsp3) is 0.591. The van der Waals surface area contributed by atoms with Crippen molar-refractivity contribution in [2.24, 2.45) is 0 Å². The van der Waals surface area contributed by atoms with Crippen molar-refractivity contribution in [1.29, 1.82) is 0 Å². The number of carbonyl (C=O) groups is 1. The quantitative estimate of drug-likeness (QED) is 0.735. The Balaban J connectivity index is 1.45. The molecule has 1 aliphatic carbocycles. The van der Waals surface area contributed by atoms with Crippen LogP contribution in [-0.4, -0.2) is 53.0 Å². The summed E-state index contributed by atoms with van der Waals surface area (Å²) in [6.07, 6.45) is 3.97. The number of hydrogen-bond acceptors (Lipinski definition) is 5. The molecular weight excluding hydrogens is 414 g/mol. The average Bonchev–Trinajstić information content (AvgIpc) is 3.43. The first kappa shape index (κ1) is 22.0. The number of amides is 1. The molecule has 0 radical (unpaired) electrons. The number of likely N-dealkylation sites (tertiary alicyclic amines) is 1. The molecule has 8 nitrogen and oxygen atoms in total. The van der Waals surface area contributed by atoms with Crippen LogP contribution in [0.25, 0.3) is 0 Å². The number of carbonyl (C=O) groups excluding carboxylic acids is 1. The smallest absolute Gasteiger partial charge is 0.254 e. The summed E-state index contributed by atoms with van der Waals surface area (Å²) in [5, 5.41) is 7.43. The van der Waals surface area contributed by atoms with Gasteiger partial charge >= 0.3 is 0 Å². The Morgan fingerprint density at radius 2 is 1.81 bits per heavy atom. The fourth-order valence-corrected chi connectivity index (χ4v) is 5.43. The van der Waals surface area contributed by atoms with Crippen LogP contribution in [0.5, 0.6) is 0 Å². The number of hydrogen-bond donors (Lipinski definition) is 2. The highest BCUT2D eigenvalue weighted by atomic mass is 32.2. The van der Waals surface area contributed by atoms with Gasteiger partial charge in [-0.05, 0) is 71.1 Å². The molecule has 2 fully saturated rings. The molecule has 2 aliphatic rings. The van der Waals surface area contributed by atoms with Gasteiger partial charge in [0, 0.05) is 36.0 Å². The van der Waals surface area contributed by atoms with E-state index < -0.39 is 15.6 Å². The molecule has 1 aromatic heterocycles. The van der Waals surface area contributed by atoms with Crippen molar-refractivity contribution >= 4 is 15.9 Å². The summed E-state index contributed by atoms with van der Waals surface area (Å²) in [6.45, 7) is 8.42. The average molecular weight is 446 g/mol. The Labute approximate surface area is 183 Å². The van der Waals surface area contributed by atoms with Gasteiger partial charge in [-0.2, -0.15) is 5.10 Å². The first-order valence-corrected chi connectivity index (χ1v) is 12.4. The van der Waals surface area contributed by atoms with Crippen molar-refractivity contribution in [3.63, 3.8) is 0 Å². The van der Waals surface area contributed by atoms with E-state index in [0.717, 1.165) is 30.1 Å². The summed E-state index contributed by atoms with van der Waals surface area (Å²) in [5.74, 6) is 2.51. The highest BCUT2D eigenvalue weighted by Gasteiger charge is 2.31. The van der Waals surface area contributed by atoms with Crippen LogP contribution >= 0.6 is 0 Å². The van der Waals surface area contributed by atoms with Crippen LogP contribution in [0.2, 0.25) is 0 Å². The van der Waals surface area contributed by atoms with Gasteiger partial charge in [0.2, 0.25) is 10.0 Å². The van der Waals surface area contributed by atoms with Crippen molar-refractivity contribution < 1.29 is 13.2 Å². The van der Waals surface area contributed by atoms with Crippen LogP contribution in [0.4, 0.5) is 0 Å². The molecule has 0 bridgehead atoms. The van der Waals surface area contributed by atoms with Crippen molar-refractivity contribution in [2.45, 2.75) is 75.6 Å². The maximum absolute atomic E-state index is 13.2. The number of rotatable bonds is 5. The zero-order chi connectivity index (χ0) is 22.4. The third-order valence-corrected chi connectivity index (χ3v) is 7.58. The molecule has 1 saturated carbocycles. The van der Waals surface area contributed by atoms with E-state index in [0.29, 0.717) is 24.6 Å². The van der Waals surface area contributed by atoms with Crippen molar-refractivity contribution in [2.75, 3.05) is 13.1 Å². The number of H-pyrrole nitrogens is 1. The number of nitrogens with one attached hydrogen (secondary N) is 2. The van der Waals surface area contributed by atoms with E-state index in [1.807, 2.05) is 11.8 Å². The molecule has 2 heterocycles. The van der Waals surface area contributed by atoms with Crippen molar-refractivity contribution in [1.82, 2.24) is 24.8 Å². The lowest BCUT2D eigenvalue weighted by atomic mass is 9.95. The van der Waals surface area contributed by atoms with Gasteiger partial charge in [0.25, 0.3) is 5.91 Å². The van der Waals surface area contributed by atoms with Gasteiger partial charge in [0.05, 0.1) is 4.90 Å². The maximum Gasteiger partial charge on any atom is 0.254 e. The molecule has 0 unspecified atom stereocenters. The number of aryl methyl sites for hydroxylation is 1. The largest absolute Gasteiger partial charge is 0.339 e. The molecule has 4 rings (SSSR count). The molecular formula is C22H31N5O3S. The Morgan fingerprint density at radius 3 is 2.42 bits per heavy atom. The fourth-order valence-electron chi connectivity index (χ4n) is 3.98. The van der Waals surface area contributed by atoms with E-state index in [-0.39, 0.29) is 16.7 Å². The third kappa shape index (κ3) is 4.98. The zero-order valence-corrected chi connectivity index (χ0v) is 19.4. The first-order valence-electron chi connectivity index (χ1n) is 10.9. The summed E-state index contributed by atoms with van der Waals surface area (Å²) in [7, 11) is -3.71. The van der Waals surface area contributed by atoms with Gasteiger partial charge in [-0.25, -0.2) is 18.1 Å². The van der Waals surface area contributed by atoms with Crippen LogP contribution in [0.3, 0.4) is 0 Å². The molecule has 1 aromatic carbocycles.